The van der Waals surface area contributed by atoms with Gasteiger partial charge in [-0.2, -0.15) is 0 Å². The van der Waals surface area contributed by atoms with Gasteiger partial charge in [0.2, 0.25) is 0 Å². The molecule has 0 atom stereocenters. The number of hydrogen-bond donors (Lipinski definition) is 0. The van der Waals surface area contributed by atoms with E-state index in [9.17, 15) is 0 Å². The summed E-state index contributed by atoms with van der Waals surface area (Å²) in [6, 6.07) is 9.69. The first kappa shape index (κ1) is 12.3. The Balaban J connectivity index is 2.54. The molecule has 0 bridgehead atoms. The van der Waals surface area contributed by atoms with Crippen molar-refractivity contribution in [3.8, 4) is 47.4 Å². The minimum atomic E-state index is 0.947. The van der Waals surface area contributed by atoms with E-state index in [0.29, 0.717) is 0 Å². The van der Waals surface area contributed by atoms with Crippen molar-refractivity contribution in [2.45, 2.75) is 6.92 Å². The second-order valence-corrected chi connectivity index (χ2v) is 2.89. The SMILES string of the molecule is C/C=C/C#CC#CC#CC#Cc1ccccc1. The molecule has 0 fully saturated rings. The van der Waals surface area contributed by atoms with Gasteiger partial charge in [0.05, 0.1) is 0 Å². The highest BCUT2D eigenvalue weighted by Gasteiger charge is 1.78. The van der Waals surface area contributed by atoms with E-state index in [2.05, 4.69) is 47.4 Å². The Bertz CT molecular complexity index is 615. The lowest BCUT2D eigenvalue weighted by Gasteiger charge is -1.83. The second kappa shape index (κ2) is 8.50. The lowest BCUT2D eigenvalue weighted by atomic mass is 10.2. The molecule has 0 aromatic heterocycles. The second-order valence-electron chi connectivity index (χ2n) is 2.89. The summed E-state index contributed by atoms with van der Waals surface area (Å²) in [5, 5.41) is 0. The van der Waals surface area contributed by atoms with Crippen molar-refractivity contribution in [3.05, 3.63) is 48.0 Å². The maximum absolute atomic E-state index is 2.92. The van der Waals surface area contributed by atoms with Gasteiger partial charge in [-0.25, -0.2) is 0 Å². The molecule has 1 aromatic rings. The van der Waals surface area contributed by atoms with Crippen LogP contribution >= 0.6 is 0 Å². The minimum Gasteiger partial charge on any atom is -0.0792 e. The molecule has 0 aliphatic rings. The molecule has 0 unspecified atom stereocenters. The standard InChI is InChI=1S/C17H10/c1-2-3-4-5-6-7-8-9-11-14-17-15-12-10-13-16-17/h2-3,10,12-13,15-16H,1H3/b3-2+. The largest absolute Gasteiger partial charge is 0.0792 e. The molecule has 0 aliphatic carbocycles. The third-order valence-electron chi connectivity index (χ3n) is 1.62. The summed E-state index contributed by atoms with van der Waals surface area (Å²) in [4.78, 5) is 0. The van der Waals surface area contributed by atoms with Crippen LogP contribution in [0.4, 0.5) is 0 Å². The molecule has 0 aliphatic heterocycles. The van der Waals surface area contributed by atoms with E-state index < -0.39 is 0 Å². The van der Waals surface area contributed by atoms with Crippen molar-refractivity contribution >= 4 is 0 Å². The zero-order valence-corrected chi connectivity index (χ0v) is 9.54. The Morgan fingerprint density at radius 1 is 0.824 bits per heavy atom. The predicted octanol–water partition coefficient (Wildman–Crippen LogP) is 2.62. The molecular formula is C17H10. The molecule has 0 spiro atoms. The molecule has 0 heteroatoms. The van der Waals surface area contributed by atoms with Gasteiger partial charge < -0.3 is 0 Å². The maximum Gasteiger partial charge on any atom is 0.0255 e. The van der Waals surface area contributed by atoms with Gasteiger partial charge in [0.1, 0.15) is 0 Å². The van der Waals surface area contributed by atoms with E-state index in [4.69, 9.17) is 0 Å². The van der Waals surface area contributed by atoms with Crippen molar-refractivity contribution in [3.63, 3.8) is 0 Å². The molecule has 1 aromatic carbocycles. The number of allylic oxidation sites excluding steroid dienone is 2. The fourth-order valence-electron chi connectivity index (χ4n) is 0.911. The summed E-state index contributed by atoms with van der Waals surface area (Å²) in [5.41, 5.74) is 0.947. The first-order valence-electron chi connectivity index (χ1n) is 5.11. The van der Waals surface area contributed by atoms with Gasteiger partial charge in [-0.15, -0.1) is 0 Å². The highest BCUT2D eigenvalue weighted by atomic mass is 13.8. The zero-order chi connectivity index (χ0) is 12.2. The van der Waals surface area contributed by atoms with Crippen LogP contribution in [0.25, 0.3) is 0 Å². The van der Waals surface area contributed by atoms with E-state index in [1.165, 1.54) is 0 Å². The van der Waals surface area contributed by atoms with Crippen LogP contribution < -0.4 is 0 Å². The van der Waals surface area contributed by atoms with E-state index in [-0.39, 0.29) is 0 Å². The molecule has 1 rings (SSSR count). The van der Waals surface area contributed by atoms with Crippen LogP contribution in [0.3, 0.4) is 0 Å². The first-order valence-corrected chi connectivity index (χ1v) is 5.11. The molecular weight excluding hydrogens is 204 g/mol. The molecule has 17 heavy (non-hydrogen) atoms. The average molecular weight is 214 g/mol. The molecule has 0 heterocycles. The molecule has 0 saturated heterocycles. The molecule has 78 valence electrons. The van der Waals surface area contributed by atoms with Gasteiger partial charge in [0.25, 0.3) is 0 Å². The molecule has 0 radical (unpaired) electrons. The van der Waals surface area contributed by atoms with Crippen molar-refractivity contribution in [1.29, 1.82) is 0 Å². The number of hydrogen-bond acceptors (Lipinski definition) is 0. The van der Waals surface area contributed by atoms with Crippen molar-refractivity contribution in [2.75, 3.05) is 0 Å². The lowest BCUT2D eigenvalue weighted by Crippen LogP contribution is -1.68. The van der Waals surface area contributed by atoms with Crippen molar-refractivity contribution in [1.82, 2.24) is 0 Å². The Morgan fingerprint density at radius 3 is 2.18 bits per heavy atom. The van der Waals surface area contributed by atoms with Crippen molar-refractivity contribution < 1.29 is 0 Å². The summed E-state index contributed by atoms with van der Waals surface area (Å²) in [5.74, 6) is 21.5. The van der Waals surface area contributed by atoms with Crippen molar-refractivity contribution in [2.24, 2.45) is 0 Å². The number of rotatable bonds is 0. The summed E-state index contributed by atoms with van der Waals surface area (Å²) in [6.07, 6.45) is 3.59. The van der Waals surface area contributed by atoms with E-state index in [1.807, 2.05) is 43.3 Å². The van der Waals surface area contributed by atoms with Crippen LogP contribution in [0.1, 0.15) is 12.5 Å². The zero-order valence-electron chi connectivity index (χ0n) is 9.54. The Hall–Kier alpha value is -2.80. The lowest BCUT2D eigenvalue weighted by molar-refractivity contribution is 1.65. The average Bonchev–Trinajstić information content (AvgIpc) is 2.38. The van der Waals surface area contributed by atoms with E-state index >= 15 is 0 Å². The summed E-state index contributed by atoms with van der Waals surface area (Å²) < 4.78 is 0. The van der Waals surface area contributed by atoms with Gasteiger partial charge >= 0.3 is 0 Å². The van der Waals surface area contributed by atoms with Crippen LogP contribution in [0.5, 0.6) is 0 Å². The van der Waals surface area contributed by atoms with Crippen LogP contribution in [-0.2, 0) is 0 Å². The third kappa shape index (κ3) is 6.31. The molecule has 0 saturated carbocycles. The summed E-state index contributed by atoms with van der Waals surface area (Å²) >= 11 is 0. The fraction of sp³-hybridized carbons (Fsp3) is 0.0588. The predicted molar refractivity (Wildman–Crippen MR) is 71.5 cm³/mol. The molecule has 0 N–H and O–H groups in total. The van der Waals surface area contributed by atoms with Gasteiger partial charge in [-0.3, -0.25) is 0 Å². The Morgan fingerprint density at radius 2 is 1.47 bits per heavy atom. The van der Waals surface area contributed by atoms with Gasteiger partial charge in [-0.1, -0.05) is 36.1 Å². The monoisotopic (exact) mass is 214 g/mol. The van der Waals surface area contributed by atoms with Gasteiger partial charge in [0.15, 0.2) is 0 Å². The van der Waals surface area contributed by atoms with E-state index in [0.717, 1.165) is 5.56 Å². The van der Waals surface area contributed by atoms with Gasteiger partial charge in [-0.05, 0) is 60.7 Å². The minimum absolute atomic E-state index is 0.947. The van der Waals surface area contributed by atoms with Crippen LogP contribution in [0, 0.1) is 47.4 Å². The Labute approximate surface area is 103 Å². The Kier molecular flexibility index (Phi) is 6.14. The maximum atomic E-state index is 2.92. The third-order valence-corrected chi connectivity index (χ3v) is 1.62. The smallest absolute Gasteiger partial charge is 0.0255 e. The normalized spacial score (nSPS) is 7.35. The van der Waals surface area contributed by atoms with Crippen LogP contribution in [-0.4, -0.2) is 0 Å². The highest BCUT2D eigenvalue weighted by molar-refractivity contribution is 5.44. The van der Waals surface area contributed by atoms with Crippen LogP contribution in [0.2, 0.25) is 0 Å². The van der Waals surface area contributed by atoms with Crippen LogP contribution in [0.15, 0.2) is 42.5 Å². The topological polar surface area (TPSA) is 0 Å². The quantitative estimate of drug-likeness (QED) is 0.582. The summed E-state index contributed by atoms with van der Waals surface area (Å²) in [6.45, 7) is 1.90. The summed E-state index contributed by atoms with van der Waals surface area (Å²) in [7, 11) is 0. The van der Waals surface area contributed by atoms with Gasteiger partial charge in [0, 0.05) is 5.56 Å². The number of benzene rings is 1. The molecule has 0 nitrogen and oxygen atoms in total. The fourth-order valence-corrected chi connectivity index (χ4v) is 0.911. The highest BCUT2D eigenvalue weighted by Crippen LogP contribution is 1.93. The molecule has 0 amide bonds. The first-order chi connectivity index (χ1) is 8.43. The van der Waals surface area contributed by atoms with E-state index in [1.54, 1.807) is 6.08 Å².